The number of nitrogens with one attached hydrogen (secondary N) is 1. The molecule has 0 radical (unpaired) electrons. The Hall–Kier alpha value is -1.54. The fourth-order valence-corrected chi connectivity index (χ4v) is 3.14. The summed E-state index contributed by atoms with van der Waals surface area (Å²) in [6.45, 7) is 1.65. The summed E-state index contributed by atoms with van der Waals surface area (Å²) in [5, 5.41) is 2.57. The number of halogens is 1. The summed E-state index contributed by atoms with van der Waals surface area (Å²) >= 11 is -0.369. The van der Waals surface area contributed by atoms with Crippen LogP contribution in [0.2, 0.25) is 0 Å². The molecule has 0 aromatic heterocycles. The van der Waals surface area contributed by atoms with Crippen molar-refractivity contribution in [3.8, 4) is 0 Å². The zero-order valence-electron chi connectivity index (χ0n) is 11.5. The minimum atomic E-state index is -0.369. The average Bonchev–Trinajstić information content (AvgIpc) is 2.64. The Kier molecular flexibility index (Phi) is 6.55. The molecule has 2 rings (SSSR count). The van der Waals surface area contributed by atoms with Gasteiger partial charge in [0.15, 0.2) is 0 Å². The maximum atomic E-state index is 11.7. The molecule has 0 spiro atoms. The van der Waals surface area contributed by atoms with E-state index in [0.29, 0.717) is 31.4 Å². The number of hydrogen-bond acceptors (Lipinski definition) is 4. The van der Waals surface area contributed by atoms with Crippen molar-refractivity contribution in [2.75, 3.05) is 13.2 Å². The molecule has 5 nitrogen and oxygen atoms in total. The number of ether oxygens (including phenoxy) is 2. The second-order valence-electron chi connectivity index (χ2n) is 4.36. The van der Waals surface area contributed by atoms with Crippen LogP contribution in [0.3, 0.4) is 0 Å². The summed E-state index contributed by atoms with van der Waals surface area (Å²) in [7, 11) is 0. The summed E-state index contributed by atoms with van der Waals surface area (Å²) in [6, 6.07) is 10.0. The second kappa shape index (κ2) is 8.68. The van der Waals surface area contributed by atoms with E-state index < -0.39 is 0 Å². The molecule has 1 heterocycles. The Morgan fingerprint density at radius 2 is 1.95 bits per heavy atom. The van der Waals surface area contributed by atoms with Gasteiger partial charge in [-0.25, -0.2) is 0 Å². The fraction of sp³-hybridized carbons (Fsp3) is 0.267. The summed E-state index contributed by atoms with van der Waals surface area (Å²) in [5.41, 5.74) is 6.73. The predicted molar refractivity (Wildman–Crippen MR) is 75.2 cm³/mol. The van der Waals surface area contributed by atoms with Crippen LogP contribution in [0.15, 0.2) is 50.1 Å². The Morgan fingerprint density at radius 3 is 2.76 bits per heavy atom. The van der Waals surface area contributed by atoms with E-state index in [4.69, 9.17) is 15.2 Å². The zero-order chi connectivity index (χ0) is 14.9. The van der Waals surface area contributed by atoms with Crippen molar-refractivity contribution in [3.05, 3.63) is 55.6 Å². The van der Waals surface area contributed by atoms with Gasteiger partial charge in [-0.1, -0.05) is 0 Å². The van der Waals surface area contributed by atoms with E-state index in [1.54, 1.807) is 0 Å². The van der Waals surface area contributed by atoms with E-state index in [1.165, 1.54) is 0 Å². The van der Waals surface area contributed by atoms with E-state index in [1.807, 2.05) is 38.5 Å². The van der Waals surface area contributed by atoms with Crippen molar-refractivity contribution in [2.24, 2.45) is 5.73 Å². The zero-order valence-corrected chi connectivity index (χ0v) is 13.7. The first-order chi connectivity index (χ1) is 10.3. The van der Waals surface area contributed by atoms with Crippen molar-refractivity contribution in [3.63, 3.8) is 0 Å². The molecule has 0 atom stereocenters. The van der Waals surface area contributed by atoms with Crippen molar-refractivity contribution >= 4 is 5.91 Å². The quantitative estimate of drug-likeness (QED) is 0.428. The number of benzene rings is 1. The molecule has 6 heteroatoms. The van der Waals surface area contributed by atoms with Gasteiger partial charge in [-0.2, -0.15) is 0 Å². The first-order valence-electron chi connectivity index (χ1n) is 6.59. The molecule has 0 unspecified atom stereocenters. The van der Waals surface area contributed by atoms with Crippen molar-refractivity contribution in [1.82, 2.24) is 5.32 Å². The number of nitrogens with two attached hydrogens (primary N) is 1. The predicted octanol–water partition coefficient (Wildman–Crippen LogP) is -1.57. The molecular formula is C15H18IN2O3-. The molecule has 1 amide bonds. The van der Waals surface area contributed by atoms with Gasteiger partial charge in [-0.05, 0) is 0 Å². The number of rotatable bonds is 7. The van der Waals surface area contributed by atoms with Gasteiger partial charge < -0.3 is 0 Å². The molecule has 1 aromatic rings. The normalized spacial score (nSPS) is 15.1. The minimum absolute atomic E-state index is 0.272. The molecule has 1 aliphatic heterocycles. The second-order valence-corrected chi connectivity index (χ2v) is 6.32. The van der Waals surface area contributed by atoms with Crippen LogP contribution < -0.4 is 32.3 Å². The van der Waals surface area contributed by atoms with Crippen LogP contribution in [0.5, 0.6) is 0 Å². The van der Waals surface area contributed by atoms with E-state index in [9.17, 15) is 4.79 Å². The Balaban J connectivity index is 1.60. The third-order valence-corrected chi connectivity index (χ3v) is 4.58. The molecule has 1 aromatic carbocycles. The Bertz CT molecular complexity index is 529. The first-order valence-corrected chi connectivity index (χ1v) is 9.08. The van der Waals surface area contributed by atoms with Crippen LogP contribution in [0, 0.1) is 0 Å². The van der Waals surface area contributed by atoms with Crippen molar-refractivity contribution in [1.29, 1.82) is 0 Å². The topological polar surface area (TPSA) is 73.6 Å². The van der Waals surface area contributed by atoms with Crippen molar-refractivity contribution < 1.29 is 35.5 Å². The van der Waals surface area contributed by atoms with Crippen LogP contribution in [0.1, 0.15) is 12.0 Å². The van der Waals surface area contributed by atoms with Crippen LogP contribution in [-0.4, -0.2) is 19.1 Å². The molecule has 0 fully saturated rings. The fourth-order valence-electron chi connectivity index (χ4n) is 1.63. The van der Waals surface area contributed by atoms with Gasteiger partial charge in [0.1, 0.15) is 0 Å². The number of carbonyl (C=O) groups is 1. The van der Waals surface area contributed by atoms with E-state index in [-0.39, 0.29) is 27.1 Å². The van der Waals surface area contributed by atoms with Crippen LogP contribution >= 0.6 is 0 Å². The summed E-state index contributed by atoms with van der Waals surface area (Å²) in [6.07, 6.45) is 0.735. The first kappa shape index (κ1) is 15.8. The Morgan fingerprint density at radius 1 is 1.14 bits per heavy atom. The van der Waals surface area contributed by atoms with Crippen LogP contribution in [0.4, 0.5) is 0 Å². The summed E-state index contributed by atoms with van der Waals surface area (Å²) < 4.78 is 14.7. The Labute approximate surface area is 134 Å². The molecule has 0 aliphatic carbocycles. The molecule has 0 bridgehead atoms. The number of hydrogen-bond donors (Lipinski definition) is 2. The van der Waals surface area contributed by atoms with Gasteiger partial charge >= 0.3 is 134 Å². The van der Waals surface area contributed by atoms with E-state index >= 15 is 0 Å². The third kappa shape index (κ3) is 5.76. The summed E-state index contributed by atoms with van der Waals surface area (Å²) in [5.74, 6) is 0.502. The van der Waals surface area contributed by atoms with Gasteiger partial charge in [0.05, 0.1) is 0 Å². The van der Waals surface area contributed by atoms with Gasteiger partial charge in [-0.15, -0.1) is 0 Å². The molecule has 0 saturated carbocycles. The SMILES string of the molecule is NC1=C[I-]C=C(OCCCOCc2ccccc2)C(=O)N1. The molecule has 114 valence electrons. The standard InChI is InChI=1S/C15H18IN2O3/c17-14-10-16-9-13(15(19)18-14)21-8-4-7-20-11-12-5-2-1-3-6-12/h1-3,5-6,9-10H,4,7-8,11,17H2,(H,18,19)/q-1. The molecular weight excluding hydrogens is 383 g/mol. The van der Waals surface area contributed by atoms with Crippen LogP contribution in [-0.2, 0) is 20.9 Å². The number of amides is 1. The van der Waals surface area contributed by atoms with Gasteiger partial charge in [0.2, 0.25) is 0 Å². The van der Waals surface area contributed by atoms with E-state index in [2.05, 4.69) is 5.32 Å². The van der Waals surface area contributed by atoms with Gasteiger partial charge in [-0.3, -0.25) is 0 Å². The van der Waals surface area contributed by atoms with Crippen molar-refractivity contribution in [2.45, 2.75) is 13.0 Å². The molecule has 21 heavy (non-hydrogen) atoms. The molecule has 0 saturated heterocycles. The maximum absolute atomic E-state index is 11.7. The summed E-state index contributed by atoms with van der Waals surface area (Å²) in [4.78, 5) is 11.7. The molecule has 1 aliphatic rings. The van der Waals surface area contributed by atoms with E-state index in [0.717, 1.165) is 12.0 Å². The van der Waals surface area contributed by atoms with Gasteiger partial charge in [0, 0.05) is 0 Å². The van der Waals surface area contributed by atoms with Gasteiger partial charge in [0.25, 0.3) is 0 Å². The average molecular weight is 401 g/mol. The molecule has 3 N–H and O–H groups in total. The van der Waals surface area contributed by atoms with Crippen LogP contribution in [0.25, 0.3) is 0 Å². The third-order valence-electron chi connectivity index (χ3n) is 2.63. The monoisotopic (exact) mass is 401 g/mol. The number of carbonyl (C=O) groups excluding carboxylic acids is 1.